The topological polar surface area (TPSA) is 9.23 Å². The summed E-state index contributed by atoms with van der Waals surface area (Å²) in [5.74, 6) is 3.99. The van der Waals surface area contributed by atoms with Crippen molar-refractivity contribution >= 4 is 0 Å². The summed E-state index contributed by atoms with van der Waals surface area (Å²) in [5.41, 5.74) is 0. The van der Waals surface area contributed by atoms with Gasteiger partial charge in [-0.2, -0.15) is 0 Å². The van der Waals surface area contributed by atoms with Crippen LogP contribution in [0.15, 0.2) is 12.2 Å². The maximum atomic E-state index is 5.33. The Labute approximate surface area is 132 Å². The minimum atomic E-state index is 0.856. The Kier molecular flexibility index (Phi) is 7.85. The van der Waals surface area contributed by atoms with Crippen LogP contribution in [0.4, 0.5) is 0 Å². The van der Waals surface area contributed by atoms with Crippen molar-refractivity contribution < 1.29 is 4.74 Å². The van der Waals surface area contributed by atoms with Gasteiger partial charge in [-0.3, -0.25) is 0 Å². The zero-order valence-corrected chi connectivity index (χ0v) is 14.4. The predicted molar refractivity (Wildman–Crippen MR) is 91.4 cm³/mol. The van der Waals surface area contributed by atoms with Gasteiger partial charge in [-0.15, -0.1) is 0 Å². The van der Waals surface area contributed by atoms with E-state index in [0.717, 1.165) is 30.3 Å². The van der Waals surface area contributed by atoms with Gasteiger partial charge in [0.25, 0.3) is 0 Å². The molecule has 2 saturated carbocycles. The van der Waals surface area contributed by atoms with Crippen LogP contribution in [0.25, 0.3) is 0 Å². The molecule has 0 spiro atoms. The minimum Gasteiger partial charge on any atom is -0.384 e. The third-order valence-electron chi connectivity index (χ3n) is 6.07. The standard InChI is InChI=1S/C20H36O/c1-3-4-5-6-7-17-8-12-19(13-9-17)20-14-10-18(11-15-20)16-21-2/h3-4,17-20H,5-16H2,1-2H3/b4-3-. The van der Waals surface area contributed by atoms with Crippen molar-refractivity contribution in [1.29, 1.82) is 0 Å². The average Bonchev–Trinajstić information content (AvgIpc) is 2.53. The van der Waals surface area contributed by atoms with Crippen LogP contribution in [0.5, 0.6) is 0 Å². The molecule has 0 unspecified atom stereocenters. The SMILES string of the molecule is C/C=C\CCCC1CCC(C2CCC(COC)CC2)CC1. The molecule has 0 N–H and O–H groups in total. The highest BCUT2D eigenvalue weighted by Crippen LogP contribution is 2.42. The zero-order chi connectivity index (χ0) is 14.9. The van der Waals surface area contributed by atoms with Crippen molar-refractivity contribution in [2.24, 2.45) is 23.7 Å². The molecule has 1 nitrogen and oxygen atoms in total. The molecule has 0 aliphatic heterocycles. The van der Waals surface area contributed by atoms with Crippen LogP contribution in [0.2, 0.25) is 0 Å². The molecule has 1 heteroatoms. The Morgan fingerprint density at radius 2 is 1.43 bits per heavy atom. The first-order valence-electron chi connectivity index (χ1n) is 9.43. The number of methoxy groups -OCH3 is 1. The Balaban J connectivity index is 1.61. The van der Waals surface area contributed by atoms with Crippen LogP contribution in [0.1, 0.15) is 77.6 Å². The van der Waals surface area contributed by atoms with Gasteiger partial charge in [0.1, 0.15) is 0 Å². The van der Waals surface area contributed by atoms with Gasteiger partial charge in [0.2, 0.25) is 0 Å². The van der Waals surface area contributed by atoms with Crippen molar-refractivity contribution in [2.45, 2.75) is 77.6 Å². The molecule has 0 amide bonds. The van der Waals surface area contributed by atoms with Gasteiger partial charge >= 0.3 is 0 Å². The molecule has 2 aliphatic rings. The van der Waals surface area contributed by atoms with E-state index in [2.05, 4.69) is 19.1 Å². The van der Waals surface area contributed by atoms with Crippen molar-refractivity contribution in [3.63, 3.8) is 0 Å². The highest BCUT2D eigenvalue weighted by Gasteiger charge is 2.30. The first-order chi connectivity index (χ1) is 10.3. The fourth-order valence-electron chi connectivity index (χ4n) is 4.70. The van der Waals surface area contributed by atoms with E-state index in [9.17, 15) is 0 Å². The molecule has 21 heavy (non-hydrogen) atoms. The lowest BCUT2D eigenvalue weighted by atomic mass is 9.69. The largest absolute Gasteiger partial charge is 0.384 e. The molecule has 0 atom stereocenters. The zero-order valence-electron chi connectivity index (χ0n) is 14.4. The summed E-state index contributed by atoms with van der Waals surface area (Å²) in [6.07, 6.45) is 20.5. The van der Waals surface area contributed by atoms with Crippen molar-refractivity contribution in [3.8, 4) is 0 Å². The molecule has 0 bridgehead atoms. The molecule has 0 aromatic heterocycles. The number of hydrogen-bond donors (Lipinski definition) is 0. The summed E-state index contributed by atoms with van der Waals surface area (Å²) >= 11 is 0. The Morgan fingerprint density at radius 3 is 1.95 bits per heavy atom. The molecule has 2 fully saturated rings. The van der Waals surface area contributed by atoms with Gasteiger partial charge in [-0.25, -0.2) is 0 Å². The van der Waals surface area contributed by atoms with Crippen LogP contribution in [0, 0.1) is 23.7 Å². The maximum Gasteiger partial charge on any atom is 0.0490 e. The van der Waals surface area contributed by atoms with Gasteiger partial charge in [-0.1, -0.05) is 31.4 Å². The normalized spacial score (nSPS) is 34.4. The van der Waals surface area contributed by atoms with E-state index in [1.807, 2.05) is 7.11 Å². The lowest BCUT2D eigenvalue weighted by Crippen LogP contribution is -2.27. The third kappa shape index (κ3) is 5.77. The quantitative estimate of drug-likeness (QED) is 0.413. The lowest BCUT2D eigenvalue weighted by molar-refractivity contribution is 0.0926. The predicted octanol–water partition coefficient (Wildman–Crippen LogP) is 5.99. The van der Waals surface area contributed by atoms with Gasteiger partial charge in [0.05, 0.1) is 0 Å². The summed E-state index contributed by atoms with van der Waals surface area (Å²) in [6, 6.07) is 0. The van der Waals surface area contributed by atoms with Crippen molar-refractivity contribution in [2.75, 3.05) is 13.7 Å². The van der Waals surface area contributed by atoms with Crippen LogP contribution in [0.3, 0.4) is 0 Å². The monoisotopic (exact) mass is 292 g/mol. The number of rotatable bonds is 7. The second-order valence-electron chi connectivity index (χ2n) is 7.52. The number of unbranched alkanes of at least 4 members (excludes halogenated alkanes) is 1. The molecule has 0 aromatic carbocycles. The molecule has 122 valence electrons. The highest BCUT2D eigenvalue weighted by atomic mass is 16.5. The first-order valence-corrected chi connectivity index (χ1v) is 9.43. The van der Waals surface area contributed by atoms with E-state index in [1.54, 1.807) is 0 Å². The fourth-order valence-corrected chi connectivity index (χ4v) is 4.70. The van der Waals surface area contributed by atoms with Crippen molar-refractivity contribution in [1.82, 2.24) is 0 Å². The molecular formula is C20H36O. The van der Waals surface area contributed by atoms with E-state index >= 15 is 0 Å². The number of hydrogen-bond acceptors (Lipinski definition) is 1. The Morgan fingerprint density at radius 1 is 0.857 bits per heavy atom. The molecule has 0 heterocycles. The average molecular weight is 293 g/mol. The first kappa shape index (κ1) is 17.1. The van der Waals surface area contributed by atoms with E-state index in [-0.39, 0.29) is 0 Å². The van der Waals surface area contributed by atoms with Gasteiger partial charge in [-0.05, 0) is 82.0 Å². The summed E-state index contributed by atoms with van der Waals surface area (Å²) in [7, 11) is 1.85. The highest BCUT2D eigenvalue weighted by molar-refractivity contribution is 4.83. The van der Waals surface area contributed by atoms with Crippen molar-refractivity contribution in [3.05, 3.63) is 12.2 Å². The Hall–Kier alpha value is -0.300. The summed E-state index contributed by atoms with van der Waals surface area (Å²) in [6.45, 7) is 3.12. The van der Waals surface area contributed by atoms with Crippen LogP contribution < -0.4 is 0 Å². The fraction of sp³-hybridized carbons (Fsp3) is 0.900. The van der Waals surface area contributed by atoms with Crippen LogP contribution in [-0.4, -0.2) is 13.7 Å². The van der Waals surface area contributed by atoms with Gasteiger partial charge < -0.3 is 4.74 Å². The second-order valence-corrected chi connectivity index (χ2v) is 7.52. The molecule has 0 saturated heterocycles. The Bertz CT molecular complexity index is 280. The molecular weight excluding hydrogens is 256 g/mol. The number of allylic oxidation sites excluding steroid dienone is 2. The maximum absolute atomic E-state index is 5.33. The third-order valence-corrected chi connectivity index (χ3v) is 6.07. The second kappa shape index (κ2) is 9.66. The number of ether oxygens (including phenoxy) is 1. The van der Waals surface area contributed by atoms with E-state index in [4.69, 9.17) is 4.74 Å². The lowest BCUT2D eigenvalue weighted by Gasteiger charge is -2.37. The molecule has 2 aliphatic carbocycles. The molecule has 0 aromatic rings. The summed E-state index contributed by atoms with van der Waals surface area (Å²) < 4.78 is 5.33. The molecule has 0 radical (unpaired) electrons. The van der Waals surface area contributed by atoms with E-state index in [1.165, 1.54) is 70.6 Å². The van der Waals surface area contributed by atoms with Crippen LogP contribution >= 0.6 is 0 Å². The van der Waals surface area contributed by atoms with Gasteiger partial charge in [0.15, 0.2) is 0 Å². The molecule has 2 rings (SSSR count). The minimum absolute atomic E-state index is 0.856. The van der Waals surface area contributed by atoms with Crippen LogP contribution in [-0.2, 0) is 4.74 Å². The summed E-state index contributed by atoms with van der Waals surface area (Å²) in [4.78, 5) is 0. The van der Waals surface area contributed by atoms with E-state index < -0.39 is 0 Å². The van der Waals surface area contributed by atoms with E-state index in [0.29, 0.717) is 0 Å². The van der Waals surface area contributed by atoms with Gasteiger partial charge in [0, 0.05) is 13.7 Å². The smallest absolute Gasteiger partial charge is 0.0490 e. The summed E-state index contributed by atoms with van der Waals surface area (Å²) in [5, 5.41) is 0.